The maximum absolute atomic E-state index is 12.1. The molecule has 0 saturated carbocycles. The van der Waals surface area contributed by atoms with Gasteiger partial charge in [0.1, 0.15) is 23.5 Å². The zero-order valence-corrected chi connectivity index (χ0v) is 27.1. The highest BCUT2D eigenvalue weighted by atomic mass is 16.6. The van der Waals surface area contributed by atoms with Crippen molar-refractivity contribution in [3.63, 3.8) is 0 Å². The number of furan rings is 1. The van der Waals surface area contributed by atoms with Gasteiger partial charge < -0.3 is 23.9 Å². The number of hydrogen-bond acceptors (Lipinski definition) is 7. The first-order valence-corrected chi connectivity index (χ1v) is 14.9. The summed E-state index contributed by atoms with van der Waals surface area (Å²) >= 11 is 0. The Morgan fingerprint density at radius 3 is 2.32 bits per heavy atom. The summed E-state index contributed by atoms with van der Waals surface area (Å²) in [5, 5.41) is 3.78. The molecule has 1 amide bonds. The number of ether oxygens (including phenoxy) is 3. The molecule has 0 aliphatic heterocycles. The zero-order chi connectivity index (χ0) is 32.7. The molecule has 0 aliphatic carbocycles. The highest BCUT2D eigenvalue weighted by Crippen LogP contribution is 2.32. The highest BCUT2D eigenvalue weighted by Gasteiger charge is 2.16. The van der Waals surface area contributed by atoms with Gasteiger partial charge in [0, 0.05) is 23.1 Å². The van der Waals surface area contributed by atoms with Gasteiger partial charge in [-0.15, -0.1) is 0 Å². The number of carbonyl (C=O) groups excluding carboxylic acids is 3. The number of amides is 1. The van der Waals surface area contributed by atoms with Crippen LogP contribution in [0.25, 0.3) is 22.1 Å². The van der Waals surface area contributed by atoms with E-state index in [1.165, 1.54) is 0 Å². The second kappa shape index (κ2) is 17.5. The molecule has 1 heterocycles. The van der Waals surface area contributed by atoms with Crippen LogP contribution in [0.3, 0.4) is 0 Å². The monoisotopic (exact) mass is 603 g/mol. The van der Waals surface area contributed by atoms with Crippen LogP contribution in [-0.4, -0.2) is 30.6 Å². The van der Waals surface area contributed by atoms with E-state index in [1.54, 1.807) is 20.1 Å². The number of benzene rings is 3. The summed E-state index contributed by atoms with van der Waals surface area (Å²) in [5.74, 6) is 0.731. The van der Waals surface area contributed by atoms with Gasteiger partial charge in [0.25, 0.3) is 6.47 Å². The third-order valence-electron chi connectivity index (χ3n) is 6.17. The van der Waals surface area contributed by atoms with Crippen molar-refractivity contribution in [3.8, 4) is 16.9 Å². The van der Waals surface area contributed by atoms with Gasteiger partial charge in [-0.1, -0.05) is 51.1 Å². The molecule has 44 heavy (non-hydrogen) atoms. The standard InChI is InChI=1S/C31H33NO5.C3H6O2.C2H6/c1-6-23-10-11-24(20(2)33)17-28(23)36-19-22-15-26-12-13-35-29(26)27(16-22)25-9-7-8-21(14-25)18-32-30(34)37-31(3,4)5;1-2-5-3-4;1-2/h7-17H,6,18-19H2,1-5H3,(H,32,34);3H,2H2,1H3;1-2H3. The number of alkyl carbamates (subject to hydrolysis) is 1. The fraction of sp³-hybridized carbons (Fsp3) is 0.361. The van der Waals surface area contributed by atoms with Crippen LogP contribution in [-0.2, 0) is 33.8 Å². The van der Waals surface area contributed by atoms with E-state index in [1.807, 2.05) is 83.1 Å². The molecule has 1 N–H and O–H groups in total. The lowest BCUT2D eigenvalue weighted by molar-refractivity contribution is -0.128. The lowest BCUT2D eigenvalue weighted by atomic mass is 9.99. The summed E-state index contributed by atoms with van der Waals surface area (Å²) in [6, 6.07) is 19.6. The van der Waals surface area contributed by atoms with Gasteiger partial charge in [0.05, 0.1) is 12.9 Å². The van der Waals surface area contributed by atoms with Gasteiger partial charge in [-0.3, -0.25) is 9.59 Å². The molecule has 1 aromatic heterocycles. The van der Waals surface area contributed by atoms with Crippen molar-refractivity contribution in [1.82, 2.24) is 5.32 Å². The van der Waals surface area contributed by atoms with Crippen molar-refractivity contribution in [2.45, 2.75) is 80.6 Å². The van der Waals surface area contributed by atoms with Crippen LogP contribution in [0.1, 0.15) is 82.4 Å². The summed E-state index contributed by atoms with van der Waals surface area (Å²) in [4.78, 5) is 33.1. The van der Waals surface area contributed by atoms with Crippen LogP contribution in [0.4, 0.5) is 4.79 Å². The molecule has 0 radical (unpaired) electrons. The predicted molar refractivity (Wildman–Crippen MR) is 174 cm³/mol. The number of nitrogens with one attached hydrogen (secondary N) is 1. The average Bonchev–Trinajstić information content (AvgIpc) is 3.48. The van der Waals surface area contributed by atoms with Gasteiger partial charge in [-0.25, -0.2) is 4.79 Å². The fourth-order valence-corrected chi connectivity index (χ4v) is 4.21. The predicted octanol–water partition coefficient (Wildman–Crippen LogP) is 8.67. The maximum atomic E-state index is 12.1. The molecule has 0 saturated heterocycles. The van der Waals surface area contributed by atoms with E-state index < -0.39 is 11.7 Å². The minimum absolute atomic E-state index is 0.00986. The van der Waals surface area contributed by atoms with Crippen molar-refractivity contribution >= 4 is 29.3 Å². The van der Waals surface area contributed by atoms with E-state index in [2.05, 4.69) is 29.1 Å². The summed E-state index contributed by atoms with van der Waals surface area (Å²) in [7, 11) is 0. The molecule has 8 nitrogen and oxygen atoms in total. The molecule has 4 rings (SSSR count). The Hall–Kier alpha value is -4.59. The number of aryl methyl sites for hydroxylation is 1. The van der Waals surface area contributed by atoms with Crippen molar-refractivity contribution in [2.75, 3.05) is 6.61 Å². The van der Waals surface area contributed by atoms with E-state index in [4.69, 9.17) is 13.9 Å². The SMILES string of the molecule is CC.CCOC=O.CCc1ccc(C(C)=O)cc1OCc1cc(-c2cccc(CNC(=O)OC(C)(C)C)c2)c2occc2c1. The molecule has 0 bridgehead atoms. The molecular weight excluding hydrogens is 558 g/mol. The van der Waals surface area contributed by atoms with Gasteiger partial charge in [0.15, 0.2) is 5.78 Å². The third kappa shape index (κ3) is 10.9. The normalized spacial score (nSPS) is 10.5. The Kier molecular flexibility index (Phi) is 14.2. The quantitative estimate of drug-likeness (QED) is 0.143. The van der Waals surface area contributed by atoms with Gasteiger partial charge in [-0.05, 0) is 93.6 Å². The number of carbonyl (C=O) groups is 3. The Bertz CT molecular complexity index is 1510. The Labute approximate surface area is 260 Å². The summed E-state index contributed by atoms with van der Waals surface area (Å²) in [6.07, 6.45) is 2.03. The van der Waals surface area contributed by atoms with Crippen LogP contribution in [0.5, 0.6) is 5.75 Å². The van der Waals surface area contributed by atoms with Crippen molar-refractivity contribution in [2.24, 2.45) is 0 Å². The van der Waals surface area contributed by atoms with Crippen molar-refractivity contribution in [3.05, 3.63) is 89.2 Å². The van der Waals surface area contributed by atoms with Crippen molar-refractivity contribution in [1.29, 1.82) is 0 Å². The topological polar surface area (TPSA) is 104 Å². The van der Waals surface area contributed by atoms with E-state index in [-0.39, 0.29) is 5.78 Å². The van der Waals surface area contributed by atoms with Crippen LogP contribution in [0, 0.1) is 0 Å². The minimum atomic E-state index is -0.551. The lowest BCUT2D eigenvalue weighted by Gasteiger charge is -2.19. The number of Topliss-reactive ketones (excluding diaryl/α,β-unsaturated/α-hetero) is 1. The van der Waals surface area contributed by atoms with E-state index in [0.717, 1.165) is 51.0 Å². The molecule has 0 aliphatic rings. The maximum Gasteiger partial charge on any atom is 0.407 e. The Morgan fingerprint density at radius 2 is 1.70 bits per heavy atom. The van der Waals surface area contributed by atoms with E-state index >= 15 is 0 Å². The van der Waals surface area contributed by atoms with Crippen LogP contribution < -0.4 is 10.1 Å². The first-order valence-electron chi connectivity index (χ1n) is 14.9. The summed E-state index contributed by atoms with van der Waals surface area (Å²) < 4.78 is 21.5. The number of ketones is 1. The van der Waals surface area contributed by atoms with E-state index in [0.29, 0.717) is 31.8 Å². The molecule has 0 fully saturated rings. The number of rotatable bonds is 10. The fourth-order valence-electron chi connectivity index (χ4n) is 4.21. The van der Waals surface area contributed by atoms with Crippen LogP contribution in [0.2, 0.25) is 0 Å². The van der Waals surface area contributed by atoms with Gasteiger partial charge in [-0.2, -0.15) is 0 Å². The van der Waals surface area contributed by atoms with Crippen LogP contribution in [0.15, 0.2) is 71.3 Å². The largest absolute Gasteiger partial charge is 0.489 e. The molecule has 236 valence electrons. The summed E-state index contributed by atoms with van der Waals surface area (Å²) in [5.41, 5.74) is 5.76. The third-order valence-corrected chi connectivity index (χ3v) is 6.17. The highest BCUT2D eigenvalue weighted by molar-refractivity contribution is 5.95. The Balaban J connectivity index is 0.000000876. The molecular formula is C36H45NO7. The van der Waals surface area contributed by atoms with Gasteiger partial charge in [0.2, 0.25) is 0 Å². The molecule has 0 spiro atoms. The molecule has 0 atom stereocenters. The van der Waals surface area contributed by atoms with E-state index in [9.17, 15) is 14.4 Å². The number of hydrogen-bond donors (Lipinski definition) is 1. The smallest absolute Gasteiger partial charge is 0.407 e. The first-order chi connectivity index (χ1) is 21.0. The average molecular weight is 604 g/mol. The second-order valence-electron chi connectivity index (χ2n) is 10.6. The van der Waals surface area contributed by atoms with Gasteiger partial charge >= 0.3 is 6.09 Å². The minimum Gasteiger partial charge on any atom is -0.489 e. The Morgan fingerprint density at radius 1 is 0.955 bits per heavy atom. The first kappa shape index (κ1) is 35.6. The molecule has 0 unspecified atom stereocenters. The molecule has 4 aromatic rings. The van der Waals surface area contributed by atoms with Crippen LogP contribution >= 0.6 is 0 Å². The van der Waals surface area contributed by atoms with Crippen molar-refractivity contribution < 1.29 is 33.0 Å². The zero-order valence-electron chi connectivity index (χ0n) is 27.1. The second-order valence-corrected chi connectivity index (χ2v) is 10.6. The molecule has 8 heteroatoms. The summed E-state index contributed by atoms with van der Waals surface area (Å²) in [6.45, 7) is 16.5. The number of fused-ring (bicyclic) bond motifs is 1. The molecule has 3 aromatic carbocycles. The lowest BCUT2D eigenvalue weighted by Crippen LogP contribution is -2.32.